The second-order valence-electron chi connectivity index (χ2n) is 8.82. The van der Waals surface area contributed by atoms with Gasteiger partial charge in [-0.15, -0.1) is 11.3 Å². The summed E-state index contributed by atoms with van der Waals surface area (Å²) >= 11 is 1.59. The molecule has 168 valence electrons. The van der Waals surface area contributed by atoms with Crippen LogP contribution in [0.4, 0.5) is 17.2 Å². The van der Waals surface area contributed by atoms with Crippen LogP contribution in [0.5, 0.6) is 0 Å². The minimum atomic E-state index is -0.222. The summed E-state index contributed by atoms with van der Waals surface area (Å²) in [5, 5.41) is 6.73. The van der Waals surface area contributed by atoms with Crippen molar-refractivity contribution >= 4 is 50.4 Å². The number of carbonyl (C=O) groups excluding carboxylic acids is 2. The number of aromatic nitrogens is 2. The maximum absolute atomic E-state index is 13.1. The lowest BCUT2D eigenvalue weighted by Crippen LogP contribution is -2.28. The molecule has 0 atom stereocenters. The lowest BCUT2D eigenvalue weighted by molar-refractivity contribution is -0.122. The van der Waals surface area contributed by atoms with Crippen molar-refractivity contribution in [2.75, 3.05) is 10.6 Å². The molecule has 1 aromatic carbocycles. The van der Waals surface area contributed by atoms with Crippen LogP contribution in [0.3, 0.4) is 0 Å². The van der Waals surface area contributed by atoms with E-state index < -0.39 is 0 Å². The summed E-state index contributed by atoms with van der Waals surface area (Å²) in [4.78, 5) is 33.3. The number of thiazole rings is 1. The van der Waals surface area contributed by atoms with Crippen molar-refractivity contribution in [2.45, 2.75) is 52.0 Å². The molecule has 0 spiro atoms. The topological polar surface area (TPSA) is 110 Å². The molecule has 1 aliphatic carbocycles. The first kappa shape index (κ1) is 22.2. The Balaban J connectivity index is 1.49. The van der Waals surface area contributed by atoms with Gasteiger partial charge in [-0.05, 0) is 63.6 Å². The third-order valence-electron chi connectivity index (χ3n) is 5.98. The van der Waals surface area contributed by atoms with Gasteiger partial charge in [-0.3, -0.25) is 9.59 Å². The van der Waals surface area contributed by atoms with Crippen LogP contribution in [0.2, 0.25) is 0 Å². The second-order valence-corrected chi connectivity index (χ2v) is 9.71. The van der Waals surface area contributed by atoms with E-state index in [1.165, 1.54) is 0 Å². The predicted octanol–water partition coefficient (Wildman–Crippen LogP) is 5.12. The summed E-state index contributed by atoms with van der Waals surface area (Å²) in [6, 6.07) is 8.07. The molecule has 4 N–H and O–H groups in total. The number of Topliss-reactive ketones (excluding diaryl/α,β-unsaturated/α-hetero) is 1. The molecule has 0 aliphatic heterocycles. The molecule has 8 heteroatoms. The zero-order valence-corrected chi connectivity index (χ0v) is 19.2. The van der Waals surface area contributed by atoms with Gasteiger partial charge in [-0.1, -0.05) is 0 Å². The summed E-state index contributed by atoms with van der Waals surface area (Å²) in [6.45, 7) is 4.09. The molecule has 1 saturated carbocycles. The largest absolute Gasteiger partial charge is 0.382 e. The quantitative estimate of drug-likeness (QED) is 0.410. The molecular weight excluding hydrogens is 422 g/mol. The molecule has 4 rings (SSSR count). The fraction of sp³-hybridized carbons (Fsp3) is 0.417. The Hall–Kier alpha value is -3.00. The Morgan fingerprint density at radius 2 is 1.94 bits per heavy atom. The highest BCUT2D eigenvalue weighted by atomic mass is 32.1. The highest BCUT2D eigenvalue weighted by Gasteiger charge is 2.27. The zero-order valence-electron chi connectivity index (χ0n) is 18.4. The van der Waals surface area contributed by atoms with E-state index >= 15 is 0 Å². The van der Waals surface area contributed by atoms with E-state index in [0.717, 1.165) is 47.3 Å². The number of anilines is 3. The second kappa shape index (κ2) is 9.65. The molecule has 2 aromatic heterocycles. The molecule has 1 aliphatic rings. The number of nitrogens with two attached hydrogens (primary N) is 1. The fourth-order valence-electron chi connectivity index (χ4n) is 4.28. The highest BCUT2D eigenvalue weighted by Crippen LogP contribution is 2.33. The van der Waals surface area contributed by atoms with E-state index in [1.807, 2.05) is 43.6 Å². The van der Waals surface area contributed by atoms with Crippen LogP contribution in [-0.4, -0.2) is 27.7 Å². The van der Waals surface area contributed by atoms with Crippen LogP contribution >= 0.6 is 11.3 Å². The number of hydrogen-bond acceptors (Lipinski definition) is 7. The Labute approximate surface area is 191 Å². The van der Waals surface area contributed by atoms with E-state index in [1.54, 1.807) is 17.5 Å². The van der Waals surface area contributed by atoms with Crippen LogP contribution in [0.1, 0.15) is 56.3 Å². The molecule has 0 radical (unpaired) electrons. The van der Waals surface area contributed by atoms with Crippen LogP contribution in [0.15, 0.2) is 36.0 Å². The standard InChI is InChI=1S/C24H29N5O2S/c1-14(2)28-20-11-23(29-17-7-8-19-22(10-17)32-13-27-19)26-12-18(20)21(30)9-15-3-5-16(6-4-15)24(25)31/h7-8,10-16H,3-6,9H2,1-2H3,(H2,25,31)(H2,26,28,29). The number of ketones is 1. The molecule has 2 heterocycles. The minimum absolute atomic E-state index is 0.0456. The van der Waals surface area contributed by atoms with Crippen molar-refractivity contribution in [1.82, 2.24) is 9.97 Å². The summed E-state index contributed by atoms with van der Waals surface area (Å²) in [5.74, 6) is 0.779. The Bertz CT molecular complexity index is 1120. The van der Waals surface area contributed by atoms with Gasteiger partial charge in [-0.2, -0.15) is 0 Å². The summed E-state index contributed by atoms with van der Waals surface area (Å²) in [6.07, 6.45) is 5.40. The van der Waals surface area contributed by atoms with Crippen LogP contribution in [0.25, 0.3) is 10.2 Å². The third kappa shape index (κ3) is 5.24. The number of fused-ring (bicyclic) bond motifs is 1. The molecule has 0 unspecified atom stereocenters. The monoisotopic (exact) mass is 451 g/mol. The number of benzene rings is 1. The Kier molecular flexibility index (Phi) is 6.69. The molecule has 3 aromatic rings. The van der Waals surface area contributed by atoms with E-state index in [9.17, 15) is 9.59 Å². The van der Waals surface area contributed by atoms with Gasteiger partial charge in [0.25, 0.3) is 0 Å². The van der Waals surface area contributed by atoms with Crippen molar-refractivity contribution in [1.29, 1.82) is 0 Å². The van der Waals surface area contributed by atoms with Crippen LogP contribution < -0.4 is 16.4 Å². The van der Waals surface area contributed by atoms with Crippen LogP contribution in [0, 0.1) is 11.8 Å². The van der Waals surface area contributed by atoms with Gasteiger partial charge in [0.2, 0.25) is 5.91 Å². The van der Waals surface area contributed by atoms with Crippen molar-refractivity contribution in [3.8, 4) is 0 Å². The summed E-state index contributed by atoms with van der Waals surface area (Å²) in [5.41, 5.74) is 10.6. The van der Waals surface area contributed by atoms with Gasteiger partial charge in [0, 0.05) is 36.3 Å². The van der Waals surface area contributed by atoms with Gasteiger partial charge in [0.05, 0.1) is 27.0 Å². The molecule has 32 heavy (non-hydrogen) atoms. The van der Waals surface area contributed by atoms with Gasteiger partial charge in [0.15, 0.2) is 5.78 Å². The lowest BCUT2D eigenvalue weighted by atomic mass is 9.79. The Morgan fingerprint density at radius 1 is 1.16 bits per heavy atom. The molecule has 7 nitrogen and oxygen atoms in total. The van der Waals surface area contributed by atoms with Gasteiger partial charge < -0.3 is 16.4 Å². The summed E-state index contributed by atoms with van der Waals surface area (Å²) in [7, 11) is 0. The van der Waals surface area contributed by atoms with Gasteiger partial charge >= 0.3 is 0 Å². The van der Waals surface area contributed by atoms with Crippen molar-refractivity contribution in [3.63, 3.8) is 0 Å². The van der Waals surface area contributed by atoms with Gasteiger partial charge in [0.1, 0.15) is 5.82 Å². The first-order valence-corrected chi connectivity index (χ1v) is 12.0. The SMILES string of the molecule is CC(C)Nc1cc(Nc2ccc3ncsc3c2)ncc1C(=O)CC1CCC(C(N)=O)CC1. The van der Waals surface area contributed by atoms with E-state index in [0.29, 0.717) is 17.8 Å². The number of carbonyl (C=O) groups is 2. The van der Waals surface area contributed by atoms with E-state index in [2.05, 4.69) is 20.6 Å². The maximum Gasteiger partial charge on any atom is 0.220 e. The normalized spacial score (nSPS) is 18.6. The molecule has 1 fully saturated rings. The van der Waals surface area contributed by atoms with Crippen LogP contribution in [-0.2, 0) is 4.79 Å². The van der Waals surface area contributed by atoms with E-state index in [-0.39, 0.29) is 29.6 Å². The average molecular weight is 452 g/mol. The van der Waals surface area contributed by atoms with Crippen molar-refractivity contribution in [2.24, 2.45) is 17.6 Å². The number of primary amides is 1. The average Bonchev–Trinajstić information content (AvgIpc) is 3.22. The maximum atomic E-state index is 13.1. The van der Waals surface area contributed by atoms with Crippen molar-refractivity contribution in [3.05, 3.63) is 41.5 Å². The van der Waals surface area contributed by atoms with Gasteiger partial charge in [-0.25, -0.2) is 9.97 Å². The smallest absolute Gasteiger partial charge is 0.220 e. The predicted molar refractivity (Wildman–Crippen MR) is 129 cm³/mol. The zero-order chi connectivity index (χ0) is 22.7. The van der Waals surface area contributed by atoms with Crippen molar-refractivity contribution < 1.29 is 9.59 Å². The number of hydrogen-bond donors (Lipinski definition) is 3. The third-order valence-corrected chi connectivity index (χ3v) is 6.77. The molecule has 0 bridgehead atoms. The Morgan fingerprint density at radius 3 is 2.66 bits per heavy atom. The number of nitrogens with zero attached hydrogens (tertiary/aromatic N) is 2. The number of pyridine rings is 1. The summed E-state index contributed by atoms with van der Waals surface area (Å²) < 4.78 is 1.10. The first-order valence-electron chi connectivity index (χ1n) is 11.1. The number of rotatable bonds is 8. The molecule has 0 saturated heterocycles. The first-order chi connectivity index (χ1) is 15.4. The fourth-order valence-corrected chi connectivity index (χ4v) is 5.00. The lowest BCUT2D eigenvalue weighted by Gasteiger charge is -2.26. The molecular formula is C24H29N5O2S. The van der Waals surface area contributed by atoms with E-state index in [4.69, 9.17) is 5.73 Å². The number of nitrogens with one attached hydrogen (secondary N) is 2. The number of amides is 1. The minimum Gasteiger partial charge on any atom is -0.382 e. The highest BCUT2D eigenvalue weighted by molar-refractivity contribution is 7.16. The molecule has 1 amide bonds.